The Morgan fingerprint density at radius 3 is 2.65 bits per heavy atom. The van der Waals surface area contributed by atoms with Gasteiger partial charge in [-0.2, -0.15) is 15.0 Å². The molecule has 0 aliphatic heterocycles. The number of hydrogen-bond donors (Lipinski definition) is 2. The van der Waals surface area contributed by atoms with Crippen molar-refractivity contribution in [2.24, 2.45) is 0 Å². The Balaban J connectivity index is 2.26. The van der Waals surface area contributed by atoms with E-state index in [0.29, 0.717) is 23.9 Å². The molecule has 7 nitrogen and oxygen atoms in total. The molecule has 20 heavy (non-hydrogen) atoms. The molecule has 1 unspecified atom stereocenters. The zero-order chi connectivity index (χ0) is 14.4. The second-order valence-electron chi connectivity index (χ2n) is 4.62. The van der Waals surface area contributed by atoms with Crippen LogP contribution in [0.2, 0.25) is 0 Å². The smallest absolute Gasteiger partial charge is 0.241 e. The third-order valence-corrected chi connectivity index (χ3v) is 2.79. The molecular weight excluding hydrogens is 254 g/mol. The van der Waals surface area contributed by atoms with Crippen LogP contribution in [0, 0.1) is 0 Å². The lowest BCUT2D eigenvalue weighted by atomic mass is 10.2. The standard InChI is InChI=1S/C13H21N7/c1-4-6-10(3)16-12-17-11(15-5-2)18-13(19-12)20-8-7-14-9-20/h7-10H,4-6H2,1-3H3,(H2,15,16,17,18,19). The lowest BCUT2D eigenvalue weighted by Crippen LogP contribution is -2.19. The lowest BCUT2D eigenvalue weighted by molar-refractivity contribution is 0.682. The molecule has 7 heteroatoms. The van der Waals surface area contributed by atoms with Crippen molar-refractivity contribution in [1.82, 2.24) is 24.5 Å². The molecule has 0 amide bonds. The number of rotatable bonds is 7. The summed E-state index contributed by atoms with van der Waals surface area (Å²) in [6, 6.07) is 0.326. The summed E-state index contributed by atoms with van der Waals surface area (Å²) in [5.41, 5.74) is 0. The van der Waals surface area contributed by atoms with Gasteiger partial charge < -0.3 is 10.6 Å². The molecule has 2 rings (SSSR count). The van der Waals surface area contributed by atoms with E-state index in [0.717, 1.165) is 19.4 Å². The van der Waals surface area contributed by atoms with Crippen molar-refractivity contribution >= 4 is 11.9 Å². The zero-order valence-electron chi connectivity index (χ0n) is 12.2. The molecule has 0 bridgehead atoms. The van der Waals surface area contributed by atoms with Gasteiger partial charge in [0.15, 0.2) is 0 Å². The van der Waals surface area contributed by atoms with Crippen molar-refractivity contribution in [2.75, 3.05) is 17.2 Å². The molecule has 2 aromatic heterocycles. The number of imidazole rings is 1. The third kappa shape index (κ3) is 3.66. The van der Waals surface area contributed by atoms with E-state index in [2.05, 4.69) is 44.4 Å². The summed E-state index contributed by atoms with van der Waals surface area (Å²) < 4.78 is 1.76. The molecule has 0 aromatic carbocycles. The van der Waals surface area contributed by atoms with E-state index in [4.69, 9.17) is 0 Å². The highest BCUT2D eigenvalue weighted by Gasteiger charge is 2.09. The largest absolute Gasteiger partial charge is 0.354 e. The van der Waals surface area contributed by atoms with E-state index in [1.807, 2.05) is 13.1 Å². The van der Waals surface area contributed by atoms with Crippen molar-refractivity contribution in [1.29, 1.82) is 0 Å². The van der Waals surface area contributed by atoms with Gasteiger partial charge in [-0.05, 0) is 20.3 Å². The van der Waals surface area contributed by atoms with Crippen LogP contribution in [-0.2, 0) is 0 Å². The van der Waals surface area contributed by atoms with Gasteiger partial charge in [-0.1, -0.05) is 13.3 Å². The summed E-state index contributed by atoms with van der Waals surface area (Å²) in [5.74, 6) is 1.71. The van der Waals surface area contributed by atoms with Gasteiger partial charge in [0.2, 0.25) is 17.8 Å². The lowest BCUT2D eigenvalue weighted by Gasteiger charge is -2.14. The highest BCUT2D eigenvalue weighted by Crippen LogP contribution is 2.11. The fourth-order valence-electron chi connectivity index (χ4n) is 1.88. The van der Waals surface area contributed by atoms with Gasteiger partial charge in [0.25, 0.3) is 0 Å². The van der Waals surface area contributed by atoms with Crippen LogP contribution in [0.1, 0.15) is 33.6 Å². The van der Waals surface area contributed by atoms with Crippen molar-refractivity contribution in [3.05, 3.63) is 18.7 Å². The maximum absolute atomic E-state index is 4.43. The SMILES string of the molecule is CCCC(C)Nc1nc(NCC)nc(-n2ccnc2)n1. The van der Waals surface area contributed by atoms with Gasteiger partial charge in [-0.15, -0.1) is 0 Å². The highest BCUT2D eigenvalue weighted by molar-refractivity contribution is 5.38. The van der Waals surface area contributed by atoms with Gasteiger partial charge in [-0.3, -0.25) is 4.57 Å². The van der Waals surface area contributed by atoms with Gasteiger partial charge >= 0.3 is 0 Å². The average Bonchev–Trinajstić information content (AvgIpc) is 2.93. The topological polar surface area (TPSA) is 80.5 Å². The number of nitrogens with one attached hydrogen (secondary N) is 2. The Labute approximate surface area is 118 Å². The van der Waals surface area contributed by atoms with Gasteiger partial charge in [0, 0.05) is 25.0 Å². The van der Waals surface area contributed by atoms with Crippen molar-refractivity contribution in [2.45, 2.75) is 39.7 Å². The van der Waals surface area contributed by atoms with Gasteiger partial charge in [0.05, 0.1) is 0 Å². The summed E-state index contributed by atoms with van der Waals surface area (Å²) in [4.78, 5) is 17.2. The summed E-state index contributed by atoms with van der Waals surface area (Å²) in [7, 11) is 0. The minimum absolute atomic E-state index is 0.326. The minimum atomic E-state index is 0.326. The van der Waals surface area contributed by atoms with E-state index in [1.165, 1.54) is 0 Å². The molecule has 2 heterocycles. The van der Waals surface area contributed by atoms with E-state index in [-0.39, 0.29) is 0 Å². The van der Waals surface area contributed by atoms with Crippen LogP contribution in [0.15, 0.2) is 18.7 Å². The van der Waals surface area contributed by atoms with Crippen LogP contribution in [-0.4, -0.2) is 37.1 Å². The Kier molecular flexibility index (Phi) is 4.86. The Morgan fingerprint density at radius 1 is 1.20 bits per heavy atom. The maximum Gasteiger partial charge on any atom is 0.241 e. The molecule has 0 aliphatic rings. The fraction of sp³-hybridized carbons (Fsp3) is 0.538. The number of nitrogens with zero attached hydrogens (tertiary/aromatic N) is 5. The van der Waals surface area contributed by atoms with Crippen LogP contribution >= 0.6 is 0 Å². The normalized spacial score (nSPS) is 12.2. The molecule has 2 aromatic rings. The van der Waals surface area contributed by atoms with Gasteiger partial charge in [-0.25, -0.2) is 4.98 Å². The fourth-order valence-corrected chi connectivity index (χ4v) is 1.88. The predicted octanol–water partition coefficient (Wildman–Crippen LogP) is 2.09. The van der Waals surface area contributed by atoms with E-state index >= 15 is 0 Å². The molecule has 0 saturated heterocycles. The van der Waals surface area contributed by atoms with E-state index < -0.39 is 0 Å². The Bertz CT molecular complexity index is 524. The summed E-state index contributed by atoms with van der Waals surface area (Å²) in [6.07, 6.45) is 7.37. The first kappa shape index (κ1) is 14.2. The maximum atomic E-state index is 4.43. The molecular formula is C13H21N7. The average molecular weight is 275 g/mol. The number of anilines is 2. The van der Waals surface area contributed by atoms with Crippen LogP contribution in [0.3, 0.4) is 0 Å². The molecule has 108 valence electrons. The number of aromatic nitrogens is 5. The van der Waals surface area contributed by atoms with Crippen LogP contribution in [0.5, 0.6) is 0 Å². The van der Waals surface area contributed by atoms with E-state index in [1.54, 1.807) is 17.1 Å². The quantitative estimate of drug-likeness (QED) is 0.805. The molecule has 0 aliphatic carbocycles. The first-order valence-corrected chi connectivity index (χ1v) is 6.97. The first-order valence-electron chi connectivity index (χ1n) is 6.97. The van der Waals surface area contributed by atoms with E-state index in [9.17, 15) is 0 Å². The molecule has 0 spiro atoms. The van der Waals surface area contributed by atoms with Crippen molar-refractivity contribution < 1.29 is 0 Å². The first-order chi connectivity index (χ1) is 9.72. The second kappa shape index (κ2) is 6.83. The van der Waals surface area contributed by atoms with Crippen molar-refractivity contribution in [3.63, 3.8) is 0 Å². The molecule has 2 N–H and O–H groups in total. The molecule has 0 fully saturated rings. The summed E-state index contributed by atoms with van der Waals surface area (Å²) in [5, 5.41) is 6.43. The number of hydrogen-bond acceptors (Lipinski definition) is 6. The van der Waals surface area contributed by atoms with Crippen molar-refractivity contribution in [3.8, 4) is 5.95 Å². The van der Waals surface area contributed by atoms with Crippen LogP contribution in [0.25, 0.3) is 5.95 Å². The molecule has 1 atom stereocenters. The Morgan fingerprint density at radius 2 is 2.00 bits per heavy atom. The second-order valence-corrected chi connectivity index (χ2v) is 4.62. The highest BCUT2D eigenvalue weighted by atomic mass is 15.3. The monoisotopic (exact) mass is 275 g/mol. The Hall–Kier alpha value is -2.18. The van der Waals surface area contributed by atoms with Gasteiger partial charge in [0.1, 0.15) is 6.33 Å². The third-order valence-electron chi connectivity index (χ3n) is 2.79. The minimum Gasteiger partial charge on any atom is -0.354 e. The zero-order valence-corrected chi connectivity index (χ0v) is 12.2. The molecule has 0 saturated carbocycles. The molecule has 0 radical (unpaired) electrons. The predicted molar refractivity (Wildman–Crippen MR) is 79.1 cm³/mol. The summed E-state index contributed by atoms with van der Waals surface area (Å²) in [6.45, 7) is 7.05. The van der Waals surface area contributed by atoms with Crippen LogP contribution in [0.4, 0.5) is 11.9 Å². The van der Waals surface area contributed by atoms with Crippen LogP contribution < -0.4 is 10.6 Å². The summed E-state index contributed by atoms with van der Waals surface area (Å²) >= 11 is 0.